The molecule has 1 aliphatic carbocycles. The van der Waals surface area contributed by atoms with Crippen LogP contribution in [0.25, 0.3) is 0 Å². The molecule has 15 nitrogen and oxygen atoms in total. The number of unbranched alkanes of at least 4 members (excludes halogenated alkanes) is 28. The van der Waals surface area contributed by atoms with Crippen molar-refractivity contribution in [3.05, 3.63) is 52.4 Å². The molecule has 2 fully saturated rings. The quantitative estimate of drug-likeness (QED) is 0.0138. The topological polar surface area (TPSA) is 218 Å². The Morgan fingerprint density at radius 1 is 0.671 bits per heavy atom. The minimum Gasteiger partial charge on any atom is -0.462 e. The number of nitrogens with two attached hydrogens (primary N) is 2. The fourth-order valence-corrected chi connectivity index (χ4v) is 14.0. The summed E-state index contributed by atoms with van der Waals surface area (Å²) in [5, 5.41) is 11.0. The van der Waals surface area contributed by atoms with Gasteiger partial charge in [0.25, 0.3) is 0 Å². The van der Waals surface area contributed by atoms with Crippen LogP contribution in [0.3, 0.4) is 0 Å². The average Bonchev–Trinajstić information content (AvgIpc) is 2.52. The number of primary amides is 1. The van der Waals surface area contributed by atoms with Crippen LogP contribution in [-0.2, 0) is 44.7 Å². The highest BCUT2D eigenvalue weighted by molar-refractivity contribution is 8.76. The van der Waals surface area contributed by atoms with Crippen molar-refractivity contribution in [3.8, 4) is 0 Å². The summed E-state index contributed by atoms with van der Waals surface area (Å²) in [6.45, 7) is 5.17. The summed E-state index contributed by atoms with van der Waals surface area (Å²) >= 11 is 0. The van der Waals surface area contributed by atoms with Gasteiger partial charge in [0.15, 0.2) is 0 Å². The molecule has 0 bridgehead atoms. The van der Waals surface area contributed by atoms with Crippen molar-refractivity contribution >= 4 is 57.3 Å². The van der Waals surface area contributed by atoms with Crippen molar-refractivity contribution in [2.75, 3.05) is 32.1 Å². The molecule has 5 N–H and O–H groups in total. The summed E-state index contributed by atoms with van der Waals surface area (Å²) in [4.78, 5) is 82.4. The number of aliphatic hydroxyl groups is 1. The summed E-state index contributed by atoms with van der Waals surface area (Å²) in [5.74, 6) is -2.12. The number of carbonyl (C=O) groups excluding carboxylic acids is 6. The van der Waals surface area contributed by atoms with E-state index in [1.54, 1.807) is 4.90 Å². The Hall–Kier alpha value is -4.22. The molecule has 5 rings (SSSR count). The minimum atomic E-state index is -1.34. The van der Waals surface area contributed by atoms with Crippen molar-refractivity contribution in [2.24, 2.45) is 17.4 Å². The number of aliphatic hydroxyl groups excluding tert-OH is 1. The number of Topliss-reactive ketones (excluding diaryl/α,β-unsaturated/α-hetero) is 2. The molecule has 1 aromatic rings. The van der Waals surface area contributed by atoms with Crippen molar-refractivity contribution in [1.82, 2.24) is 9.80 Å². The van der Waals surface area contributed by atoms with Gasteiger partial charge in [-0.3, -0.25) is 24.1 Å². The van der Waals surface area contributed by atoms with Crippen LogP contribution in [0.5, 0.6) is 0 Å². The van der Waals surface area contributed by atoms with Gasteiger partial charge in [-0.25, -0.2) is 9.59 Å². The zero-order chi connectivity index (χ0) is 56.8. The van der Waals surface area contributed by atoms with E-state index in [4.69, 9.17) is 30.4 Å². The van der Waals surface area contributed by atoms with Gasteiger partial charge >= 0.3 is 24.1 Å². The lowest BCUT2D eigenvalue weighted by molar-refractivity contribution is -0.157. The standard InChI is InChI=1S/C62H98N4O11S2/c1-4-6-8-10-12-14-16-18-20-22-24-26-28-30-32-34-52(68)74-42-48(77-53(69)35-33-31-29-27-25-23-21-19-17-15-13-11-9-7-5-2)44-78-79-49-38-36-47(37-39-49)41-76-61(73)66-51-40-65-56-54(58(71)55(63)46(3)57(56)70)50(43-75-60(64)72)62(65,45-67)59(51)66/h36-39,48,50-51,59,67H,4-35,40-45,63H2,1-3H3,(H2,64,72). The lowest BCUT2D eigenvalue weighted by Crippen LogP contribution is -2.57. The van der Waals surface area contributed by atoms with Gasteiger partial charge < -0.3 is 40.4 Å². The first-order valence-corrected chi connectivity index (χ1v) is 33.0. The number of ether oxygens (including phenoxy) is 4. The number of ketones is 2. The van der Waals surface area contributed by atoms with E-state index in [0.29, 0.717) is 18.6 Å². The zero-order valence-electron chi connectivity index (χ0n) is 48.4. The van der Waals surface area contributed by atoms with Crippen LogP contribution in [0.1, 0.15) is 232 Å². The Morgan fingerprint density at radius 3 is 1.63 bits per heavy atom. The van der Waals surface area contributed by atoms with E-state index < -0.39 is 66.6 Å². The van der Waals surface area contributed by atoms with Gasteiger partial charge in [-0.1, -0.05) is 227 Å². The lowest BCUT2D eigenvalue weighted by atomic mass is 9.77. The summed E-state index contributed by atoms with van der Waals surface area (Å²) in [6.07, 6.45) is 36.0. The predicted molar refractivity (Wildman–Crippen MR) is 314 cm³/mol. The molecule has 0 saturated carbocycles. The number of carbonyl (C=O) groups is 6. The third-order valence-electron chi connectivity index (χ3n) is 16.5. The molecule has 79 heavy (non-hydrogen) atoms. The van der Waals surface area contributed by atoms with Crippen LogP contribution >= 0.6 is 21.6 Å². The first-order chi connectivity index (χ1) is 38.4. The SMILES string of the molecule is CCCCCCCCCCCCCCCCCC(=O)OCC(CSSc1ccc(COC(=O)N2C3CN4C5=C(C(=O)C(N)=C(C)C5=O)C(COC(N)=O)C4(CO)C32)cc1)OC(=O)CCCCCCCCCCCCCCCCC. The Bertz CT molecular complexity index is 2140. The van der Waals surface area contributed by atoms with Gasteiger partial charge in [-0.15, -0.1) is 0 Å². The maximum Gasteiger partial charge on any atom is 0.410 e. The molecule has 2 saturated heterocycles. The summed E-state index contributed by atoms with van der Waals surface area (Å²) < 4.78 is 22.6. The van der Waals surface area contributed by atoms with E-state index in [2.05, 4.69) is 13.8 Å². The molecule has 4 aliphatic rings. The van der Waals surface area contributed by atoms with Crippen molar-refractivity contribution in [3.63, 3.8) is 0 Å². The lowest BCUT2D eigenvalue weighted by Gasteiger charge is -2.40. The number of amides is 2. The summed E-state index contributed by atoms with van der Waals surface area (Å²) in [6, 6.07) is 6.46. The second-order valence-electron chi connectivity index (χ2n) is 22.6. The van der Waals surface area contributed by atoms with E-state index in [9.17, 15) is 33.9 Å². The van der Waals surface area contributed by atoms with Crippen LogP contribution < -0.4 is 11.5 Å². The molecular formula is C62H98N4O11S2. The normalized spacial score (nSPS) is 19.6. The van der Waals surface area contributed by atoms with Crippen LogP contribution in [0, 0.1) is 5.92 Å². The van der Waals surface area contributed by atoms with Gasteiger partial charge in [-0.05, 0) is 37.5 Å². The Kier molecular flexibility index (Phi) is 30.1. The molecule has 0 aromatic heterocycles. The van der Waals surface area contributed by atoms with E-state index in [1.807, 2.05) is 24.3 Å². The maximum absolute atomic E-state index is 13.6. The van der Waals surface area contributed by atoms with Gasteiger partial charge in [0.1, 0.15) is 25.9 Å². The molecular weight excluding hydrogens is 1040 g/mol. The van der Waals surface area contributed by atoms with E-state index in [1.165, 1.54) is 188 Å². The number of allylic oxidation sites excluding steroid dienone is 2. The van der Waals surface area contributed by atoms with Crippen molar-refractivity contribution in [1.29, 1.82) is 0 Å². The maximum atomic E-state index is 13.6. The second-order valence-corrected chi connectivity index (χ2v) is 25.0. The van der Waals surface area contributed by atoms with Gasteiger partial charge in [0, 0.05) is 41.2 Å². The molecule has 1 aromatic carbocycles. The zero-order valence-corrected chi connectivity index (χ0v) is 50.0. The Morgan fingerprint density at radius 2 is 1.15 bits per heavy atom. The third kappa shape index (κ3) is 20.6. The molecule has 3 heterocycles. The number of rotatable bonds is 44. The van der Waals surface area contributed by atoms with Crippen molar-refractivity contribution in [2.45, 2.75) is 261 Å². The molecule has 5 unspecified atom stereocenters. The van der Waals surface area contributed by atoms with Gasteiger partial charge in [-0.2, -0.15) is 0 Å². The van der Waals surface area contributed by atoms with Crippen LogP contribution in [-0.4, -0.2) is 106 Å². The van der Waals surface area contributed by atoms with Crippen molar-refractivity contribution < 1.29 is 52.8 Å². The molecule has 2 amide bonds. The molecule has 0 spiro atoms. The Labute approximate surface area is 481 Å². The molecule has 3 aliphatic heterocycles. The van der Waals surface area contributed by atoms with E-state index in [-0.39, 0.29) is 54.2 Å². The summed E-state index contributed by atoms with van der Waals surface area (Å²) in [5.41, 5.74) is 10.8. The summed E-state index contributed by atoms with van der Waals surface area (Å²) in [7, 11) is 3.01. The number of esters is 2. The fourth-order valence-electron chi connectivity index (χ4n) is 11.8. The molecule has 0 radical (unpaired) electrons. The fraction of sp³-hybridized carbons (Fsp3) is 0.742. The largest absolute Gasteiger partial charge is 0.462 e. The number of benzene rings is 1. The number of hydrogen-bond acceptors (Lipinski definition) is 15. The second kappa shape index (κ2) is 36.3. The Balaban J connectivity index is 1.02. The monoisotopic (exact) mass is 1140 g/mol. The molecule has 5 atom stereocenters. The predicted octanol–water partition coefficient (Wildman–Crippen LogP) is 13.5. The highest BCUT2D eigenvalue weighted by Gasteiger charge is 2.77. The highest BCUT2D eigenvalue weighted by Crippen LogP contribution is 2.59. The highest BCUT2D eigenvalue weighted by atomic mass is 33.1. The first-order valence-electron chi connectivity index (χ1n) is 30.7. The average molecular weight is 1140 g/mol. The van der Waals surface area contributed by atoms with E-state index >= 15 is 0 Å². The third-order valence-corrected chi connectivity index (χ3v) is 18.9. The molecule has 444 valence electrons. The number of nitrogens with zero attached hydrogens (tertiary/aromatic N) is 2. The van der Waals surface area contributed by atoms with Crippen LogP contribution in [0.4, 0.5) is 9.59 Å². The first kappa shape index (κ1) is 65.6. The molecule has 17 heteroatoms. The smallest absolute Gasteiger partial charge is 0.410 e. The van der Waals surface area contributed by atoms with Gasteiger partial charge in [0.05, 0.1) is 41.5 Å². The van der Waals surface area contributed by atoms with Gasteiger partial charge in [0.2, 0.25) is 11.6 Å². The minimum absolute atomic E-state index is 0.0125. The number of piperazine rings is 1. The number of fused-ring (bicyclic) bond motifs is 4. The number of hydrogen-bond donors (Lipinski definition) is 3. The van der Waals surface area contributed by atoms with Crippen LogP contribution in [0.15, 0.2) is 51.7 Å². The van der Waals surface area contributed by atoms with Crippen LogP contribution in [0.2, 0.25) is 0 Å². The van der Waals surface area contributed by atoms with E-state index in [0.717, 1.165) is 49.0 Å².